The molecule has 1 saturated carbocycles. The van der Waals surface area contributed by atoms with Gasteiger partial charge in [0.05, 0.1) is 11.1 Å². The monoisotopic (exact) mass is 451 g/mol. The molecule has 0 unspecified atom stereocenters. The van der Waals surface area contributed by atoms with Crippen LogP contribution in [-0.2, 0) is 21.9 Å². The summed E-state index contributed by atoms with van der Waals surface area (Å²) in [5, 5.41) is 4.50. The number of anilines is 1. The van der Waals surface area contributed by atoms with Crippen LogP contribution in [0.4, 0.5) is 36.8 Å². The van der Waals surface area contributed by atoms with E-state index in [4.69, 9.17) is 0 Å². The highest BCUT2D eigenvalue weighted by molar-refractivity contribution is 6.10. The third-order valence-electron chi connectivity index (χ3n) is 5.55. The predicted octanol–water partition coefficient (Wildman–Crippen LogP) is 4.16. The smallest absolute Gasteiger partial charge is 0.325 e. The van der Waals surface area contributed by atoms with Gasteiger partial charge in [-0.25, -0.2) is 4.79 Å². The fourth-order valence-corrected chi connectivity index (χ4v) is 3.78. The van der Waals surface area contributed by atoms with Crippen molar-refractivity contribution >= 4 is 23.5 Å². The van der Waals surface area contributed by atoms with E-state index in [1.165, 1.54) is 0 Å². The molecule has 170 valence electrons. The first kappa shape index (κ1) is 22.9. The number of rotatable bonds is 3. The summed E-state index contributed by atoms with van der Waals surface area (Å²) in [6.07, 6.45) is -7.99. The summed E-state index contributed by atoms with van der Waals surface area (Å²) < 4.78 is 77.7. The van der Waals surface area contributed by atoms with Crippen molar-refractivity contribution in [3.05, 3.63) is 29.3 Å². The standard InChI is InChI=1S/C19H19F6N3O3/c1-10-2-4-17(5-3-10)15(30)28(16(31)27-17)9-14(29)26-13-7-11(18(20,21)22)6-12(8-13)19(23,24)25/h6-8,10H,2-5,9H2,1H3,(H,26,29)(H,27,31). The van der Waals surface area contributed by atoms with E-state index >= 15 is 0 Å². The Morgan fingerprint density at radius 1 is 1.06 bits per heavy atom. The van der Waals surface area contributed by atoms with Crippen molar-refractivity contribution < 1.29 is 40.7 Å². The van der Waals surface area contributed by atoms with Crippen LogP contribution >= 0.6 is 0 Å². The largest absolute Gasteiger partial charge is 0.416 e. The van der Waals surface area contributed by atoms with Gasteiger partial charge in [-0.1, -0.05) is 6.92 Å². The Bertz CT molecular complexity index is 872. The molecule has 1 aliphatic heterocycles. The molecule has 0 atom stereocenters. The normalized spacial score (nSPS) is 24.5. The average molecular weight is 451 g/mol. The second-order valence-electron chi connectivity index (χ2n) is 7.93. The number of hydrogen-bond donors (Lipinski definition) is 2. The molecule has 1 aromatic carbocycles. The van der Waals surface area contributed by atoms with Gasteiger partial charge in [0.2, 0.25) is 5.91 Å². The van der Waals surface area contributed by atoms with E-state index < -0.39 is 59.1 Å². The van der Waals surface area contributed by atoms with Crippen molar-refractivity contribution in [3.8, 4) is 0 Å². The SMILES string of the molecule is CC1CCC2(CC1)NC(=O)N(CC(=O)Nc1cc(C(F)(F)F)cc(C(F)(F)F)c1)C2=O. The molecule has 0 aromatic heterocycles. The molecule has 2 N–H and O–H groups in total. The molecule has 1 aromatic rings. The number of urea groups is 1. The third-order valence-corrected chi connectivity index (χ3v) is 5.55. The van der Waals surface area contributed by atoms with Crippen LogP contribution in [0.1, 0.15) is 43.7 Å². The Balaban J connectivity index is 1.76. The van der Waals surface area contributed by atoms with E-state index in [1.54, 1.807) is 0 Å². The zero-order valence-electron chi connectivity index (χ0n) is 16.3. The van der Waals surface area contributed by atoms with Crippen LogP contribution in [0.25, 0.3) is 0 Å². The van der Waals surface area contributed by atoms with Crippen LogP contribution < -0.4 is 10.6 Å². The maximum absolute atomic E-state index is 12.9. The Morgan fingerprint density at radius 2 is 1.58 bits per heavy atom. The highest BCUT2D eigenvalue weighted by atomic mass is 19.4. The molecule has 0 bridgehead atoms. The predicted molar refractivity (Wildman–Crippen MR) is 95.7 cm³/mol. The number of nitrogens with zero attached hydrogens (tertiary/aromatic N) is 1. The fourth-order valence-electron chi connectivity index (χ4n) is 3.78. The van der Waals surface area contributed by atoms with Crippen LogP contribution in [0.5, 0.6) is 0 Å². The van der Waals surface area contributed by atoms with Crippen molar-refractivity contribution in [2.45, 2.75) is 50.5 Å². The molecule has 1 spiro atoms. The summed E-state index contributed by atoms with van der Waals surface area (Å²) in [5.74, 6) is -1.35. The fraction of sp³-hybridized carbons (Fsp3) is 0.526. The number of hydrogen-bond acceptors (Lipinski definition) is 3. The van der Waals surface area contributed by atoms with Gasteiger partial charge in [0.15, 0.2) is 0 Å². The second kappa shape index (κ2) is 7.72. The van der Waals surface area contributed by atoms with Crippen LogP contribution in [0.3, 0.4) is 0 Å². The Morgan fingerprint density at radius 3 is 2.06 bits per heavy atom. The first-order valence-corrected chi connectivity index (χ1v) is 9.45. The number of benzene rings is 1. The van der Waals surface area contributed by atoms with Crippen molar-refractivity contribution in [2.75, 3.05) is 11.9 Å². The number of carbonyl (C=O) groups excluding carboxylic acids is 3. The molecule has 1 saturated heterocycles. The van der Waals surface area contributed by atoms with Crippen molar-refractivity contribution in [1.29, 1.82) is 0 Å². The minimum atomic E-state index is -5.07. The summed E-state index contributed by atoms with van der Waals surface area (Å²) in [7, 11) is 0. The molecule has 2 fully saturated rings. The summed E-state index contributed by atoms with van der Waals surface area (Å²) in [6, 6.07) is -0.192. The van der Waals surface area contributed by atoms with Gasteiger partial charge in [0, 0.05) is 5.69 Å². The third kappa shape index (κ3) is 4.77. The summed E-state index contributed by atoms with van der Waals surface area (Å²) >= 11 is 0. The minimum Gasteiger partial charge on any atom is -0.325 e. The molecule has 31 heavy (non-hydrogen) atoms. The molecule has 3 rings (SSSR count). The van der Waals surface area contributed by atoms with E-state index in [0.29, 0.717) is 48.6 Å². The molecular formula is C19H19F6N3O3. The number of amides is 4. The van der Waals surface area contributed by atoms with E-state index in [1.807, 2.05) is 12.2 Å². The number of nitrogens with one attached hydrogen (secondary N) is 2. The summed E-state index contributed by atoms with van der Waals surface area (Å²) in [4.78, 5) is 37.8. The van der Waals surface area contributed by atoms with Gasteiger partial charge in [0.25, 0.3) is 5.91 Å². The Kier molecular flexibility index (Phi) is 5.70. The number of halogens is 6. The highest BCUT2D eigenvalue weighted by Gasteiger charge is 2.52. The van der Waals surface area contributed by atoms with Crippen molar-refractivity contribution in [3.63, 3.8) is 0 Å². The van der Waals surface area contributed by atoms with E-state index in [-0.39, 0.29) is 6.07 Å². The lowest BCUT2D eigenvalue weighted by atomic mass is 9.77. The summed E-state index contributed by atoms with van der Waals surface area (Å²) in [6.45, 7) is 1.17. The lowest BCUT2D eigenvalue weighted by Gasteiger charge is -2.33. The van der Waals surface area contributed by atoms with Gasteiger partial charge in [-0.3, -0.25) is 14.5 Å². The minimum absolute atomic E-state index is 0.0685. The van der Waals surface area contributed by atoms with E-state index in [0.717, 1.165) is 0 Å². The van der Waals surface area contributed by atoms with Crippen LogP contribution in [0.15, 0.2) is 18.2 Å². The van der Waals surface area contributed by atoms with E-state index in [9.17, 15) is 40.7 Å². The number of imide groups is 1. The highest BCUT2D eigenvalue weighted by Crippen LogP contribution is 2.38. The lowest BCUT2D eigenvalue weighted by molar-refractivity contribution is -0.143. The molecule has 6 nitrogen and oxygen atoms in total. The van der Waals surface area contributed by atoms with Crippen LogP contribution in [0.2, 0.25) is 0 Å². The second-order valence-corrected chi connectivity index (χ2v) is 7.93. The van der Waals surface area contributed by atoms with Gasteiger partial charge >= 0.3 is 18.4 Å². The van der Waals surface area contributed by atoms with Crippen LogP contribution in [-0.4, -0.2) is 34.8 Å². The topological polar surface area (TPSA) is 78.5 Å². The van der Waals surface area contributed by atoms with Crippen molar-refractivity contribution in [2.24, 2.45) is 5.92 Å². The zero-order valence-corrected chi connectivity index (χ0v) is 16.3. The average Bonchev–Trinajstić information content (AvgIpc) is 2.87. The maximum Gasteiger partial charge on any atom is 0.416 e. The Labute approximate surface area is 173 Å². The quantitative estimate of drug-likeness (QED) is 0.535. The first-order valence-electron chi connectivity index (χ1n) is 9.45. The van der Waals surface area contributed by atoms with Gasteiger partial charge < -0.3 is 10.6 Å². The summed E-state index contributed by atoms with van der Waals surface area (Å²) in [5.41, 5.74) is -5.06. The van der Waals surface area contributed by atoms with Gasteiger partial charge in [-0.2, -0.15) is 26.3 Å². The molecular weight excluding hydrogens is 432 g/mol. The molecule has 4 amide bonds. The molecule has 0 radical (unpaired) electrons. The molecule has 1 aliphatic carbocycles. The van der Waals surface area contributed by atoms with Crippen molar-refractivity contribution in [1.82, 2.24) is 10.2 Å². The van der Waals surface area contributed by atoms with E-state index in [2.05, 4.69) is 5.32 Å². The van der Waals surface area contributed by atoms with Gasteiger partial charge in [-0.05, 0) is 49.8 Å². The van der Waals surface area contributed by atoms with Crippen LogP contribution in [0, 0.1) is 5.92 Å². The lowest BCUT2D eigenvalue weighted by Crippen LogP contribution is -2.49. The molecule has 12 heteroatoms. The number of alkyl halides is 6. The Hall–Kier alpha value is -2.79. The molecule has 1 heterocycles. The number of carbonyl (C=O) groups is 3. The maximum atomic E-state index is 12.9. The molecule has 2 aliphatic rings. The first-order chi connectivity index (χ1) is 14.2. The van der Waals surface area contributed by atoms with Gasteiger partial charge in [0.1, 0.15) is 12.1 Å². The van der Waals surface area contributed by atoms with Gasteiger partial charge in [-0.15, -0.1) is 0 Å². The zero-order chi connectivity index (χ0) is 23.2.